The van der Waals surface area contributed by atoms with Gasteiger partial charge in [0, 0.05) is 5.56 Å². The molecule has 0 saturated carbocycles. The summed E-state index contributed by atoms with van der Waals surface area (Å²) in [4.78, 5) is 10.8. The van der Waals surface area contributed by atoms with Crippen molar-refractivity contribution in [1.82, 2.24) is 0 Å². The molecule has 0 heterocycles. The van der Waals surface area contributed by atoms with Gasteiger partial charge in [0.25, 0.3) is 0 Å². The minimum absolute atomic E-state index is 0.194. The molecule has 2 N–H and O–H groups in total. The molecule has 8 heteroatoms. The average molecular weight is 369 g/mol. The number of nitrogens with one attached hydrogen (secondary N) is 1. The topological polar surface area (TPSA) is 80.2 Å². The Hall–Kier alpha value is -2.44. The van der Waals surface area contributed by atoms with Crippen molar-refractivity contribution in [3.63, 3.8) is 0 Å². The van der Waals surface area contributed by atoms with E-state index in [9.17, 15) is 4.79 Å². The summed E-state index contributed by atoms with van der Waals surface area (Å²) in [6, 6.07) is 7.77. The largest absolute Gasteiger partial charge is 0.494 e. The van der Waals surface area contributed by atoms with E-state index in [2.05, 4.69) is 10.5 Å². The summed E-state index contributed by atoms with van der Waals surface area (Å²) in [6.45, 7) is 0. The summed E-state index contributed by atoms with van der Waals surface area (Å²) >= 11 is 12.3. The number of aromatic carboxylic acids is 1. The predicted molar refractivity (Wildman–Crippen MR) is 94.2 cm³/mol. The van der Waals surface area contributed by atoms with Crippen molar-refractivity contribution < 1.29 is 19.4 Å². The summed E-state index contributed by atoms with van der Waals surface area (Å²) < 4.78 is 10.4. The quantitative estimate of drug-likeness (QED) is 0.591. The number of halogens is 2. The van der Waals surface area contributed by atoms with E-state index < -0.39 is 5.97 Å². The van der Waals surface area contributed by atoms with Gasteiger partial charge in [-0.25, -0.2) is 4.79 Å². The molecule has 0 aliphatic heterocycles. The number of hydrogen-bond donors (Lipinski definition) is 2. The lowest BCUT2D eigenvalue weighted by molar-refractivity contribution is 0.0697. The Bertz CT molecular complexity index is 777. The molecule has 24 heavy (non-hydrogen) atoms. The number of rotatable bonds is 6. The standard InChI is InChI=1S/C16H14Cl2N2O4/c1-23-14-10(7-12(17)15(24-2)13(14)18)8-19-20-11-5-3-9(4-6-11)16(21)22/h3-8,20H,1-2H3,(H,21,22). The number of benzene rings is 2. The van der Waals surface area contributed by atoms with E-state index in [1.165, 1.54) is 32.6 Å². The van der Waals surface area contributed by atoms with Crippen molar-refractivity contribution in [1.29, 1.82) is 0 Å². The van der Waals surface area contributed by atoms with Crippen LogP contribution in [0.1, 0.15) is 15.9 Å². The molecule has 0 atom stereocenters. The maximum absolute atomic E-state index is 10.8. The average Bonchev–Trinajstić information content (AvgIpc) is 2.55. The van der Waals surface area contributed by atoms with Gasteiger partial charge >= 0.3 is 5.97 Å². The smallest absolute Gasteiger partial charge is 0.335 e. The van der Waals surface area contributed by atoms with Gasteiger partial charge in [-0.15, -0.1) is 0 Å². The lowest BCUT2D eigenvalue weighted by Crippen LogP contribution is -1.98. The lowest BCUT2D eigenvalue weighted by Gasteiger charge is -2.12. The van der Waals surface area contributed by atoms with Crippen LogP contribution in [0.15, 0.2) is 35.4 Å². The van der Waals surface area contributed by atoms with Crippen molar-refractivity contribution in [3.05, 3.63) is 51.5 Å². The van der Waals surface area contributed by atoms with Crippen molar-refractivity contribution in [3.8, 4) is 11.5 Å². The highest BCUT2D eigenvalue weighted by molar-refractivity contribution is 6.38. The number of hydrogen-bond acceptors (Lipinski definition) is 5. The molecule has 0 spiro atoms. The number of carboxylic acid groups (broad SMARTS) is 1. The van der Waals surface area contributed by atoms with Gasteiger partial charge in [0.1, 0.15) is 10.8 Å². The highest BCUT2D eigenvalue weighted by Crippen LogP contribution is 2.41. The summed E-state index contributed by atoms with van der Waals surface area (Å²) in [5.41, 5.74) is 4.16. The fraction of sp³-hybridized carbons (Fsp3) is 0.125. The van der Waals surface area contributed by atoms with Gasteiger partial charge in [0.05, 0.1) is 36.7 Å². The molecule has 0 bridgehead atoms. The Kier molecular flexibility index (Phi) is 5.89. The molecule has 0 saturated heterocycles. The Labute approximate surface area is 148 Å². The van der Waals surface area contributed by atoms with Gasteiger partial charge in [-0.1, -0.05) is 23.2 Å². The fourth-order valence-electron chi connectivity index (χ4n) is 1.96. The molecule has 0 fully saturated rings. The summed E-state index contributed by atoms with van der Waals surface area (Å²) in [5, 5.41) is 13.5. The monoisotopic (exact) mass is 368 g/mol. The molecule has 126 valence electrons. The molecular formula is C16H14Cl2N2O4. The van der Waals surface area contributed by atoms with Gasteiger partial charge in [-0.3, -0.25) is 5.43 Å². The zero-order chi connectivity index (χ0) is 17.7. The Balaban J connectivity index is 2.21. The van der Waals surface area contributed by atoms with E-state index in [0.29, 0.717) is 27.8 Å². The number of methoxy groups -OCH3 is 2. The molecular weight excluding hydrogens is 355 g/mol. The van der Waals surface area contributed by atoms with E-state index >= 15 is 0 Å². The summed E-state index contributed by atoms with van der Waals surface area (Å²) in [7, 11) is 2.94. The summed E-state index contributed by atoms with van der Waals surface area (Å²) in [5.74, 6) is -0.286. The van der Waals surface area contributed by atoms with E-state index in [0.717, 1.165) is 0 Å². The number of ether oxygens (including phenoxy) is 2. The van der Waals surface area contributed by atoms with Crippen molar-refractivity contribution >= 4 is 41.1 Å². The van der Waals surface area contributed by atoms with E-state index in [1.54, 1.807) is 18.2 Å². The Morgan fingerprint density at radius 3 is 2.33 bits per heavy atom. The molecule has 2 rings (SSSR count). The van der Waals surface area contributed by atoms with Gasteiger partial charge in [-0.05, 0) is 30.3 Å². The predicted octanol–water partition coefficient (Wildman–Crippen LogP) is 4.15. The normalized spacial score (nSPS) is 10.7. The molecule has 2 aromatic carbocycles. The van der Waals surface area contributed by atoms with Crippen LogP contribution in [0.25, 0.3) is 0 Å². The van der Waals surface area contributed by atoms with Gasteiger partial charge in [0.15, 0.2) is 5.75 Å². The van der Waals surface area contributed by atoms with Crippen LogP contribution < -0.4 is 14.9 Å². The molecule has 0 radical (unpaired) electrons. The Morgan fingerprint density at radius 2 is 1.79 bits per heavy atom. The third-order valence-electron chi connectivity index (χ3n) is 3.10. The highest BCUT2D eigenvalue weighted by Gasteiger charge is 2.16. The second-order valence-electron chi connectivity index (χ2n) is 4.58. The van der Waals surface area contributed by atoms with Crippen LogP contribution in [0.5, 0.6) is 11.5 Å². The minimum Gasteiger partial charge on any atom is -0.494 e. The molecule has 0 aliphatic carbocycles. The number of nitrogens with zero attached hydrogens (tertiary/aromatic N) is 1. The molecule has 0 aliphatic rings. The first-order valence-corrected chi connectivity index (χ1v) is 7.46. The Morgan fingerprint density at radius 1 is 1.17 bits per heavy atom. The number of carboxylic acids is 1. The lowest BCUT2D eigenvalue weighted by atomic mass is 10.2. The first kappa shape index (κ1) is 17.9. The van der Waals surface area contributed by atoms with Gasteiger partial charge in [0.2, 0.25) is 0 Å². The molecule has 6 nitrogen and oxygen atoms in total. The highest BCUT2D eigenvalue weighted by atomic mass is 35.5. The van der Waals surface area contributed by atoms with Crippen molar-refractivity contribution in [2.45, 2.75) is 0 Å². The van der Waals surface area contributed by atoms with Crippen molar-refractivity contribution in [2.75, 3.05) is 19.6 Å². The minimum atomic E-state index is -0.989. The van der Waals surface area contributed by atoms with E-state index in [1.807, 2.05) is 0 Å². The van der Waals surface area contributed by atoms with Crippen LogP contribution in [-0.2, 0) is 0 Å². The fourth-order valence-corrected chi connectivity index (χ4v) is 2.66. The van der Waals surface area contributed by atoms with Crippen LogP contribution in [0, 0.1) is 0 Å². The molecule has 2 aromatic rings. The van der Waals surface area contributed by atoms with Crippen LogP contribution in [-0.4, -0.2) is 31.5 Å². The summed E-state index contributed by atoms with van der Waals surface area (Å²) in [6.07, 6.45) is 1.49. The van der Waals surface area contributed by atoms with E-state index in [-0.39, 0.29) is 10.6 Å². The third-order valence-corrected chi connectivity index (χ3v) is 3.72. The SMILES string of the molecule is COc1c(Cl)cc(C=NNc2ccc(C(=O)O)cc2)c(OC)c1Cl. The van der Waals surface area contributed by atoms with Gasteiger partial charge < -0.3 is 14.6 Å². The first-order valence-electron chi connectivity index (χ1n) is 6.70. The number of anilines is 1. The molecule has 0 amide bonds. The van der Waals surface area contributed by atoms with Gasteiger partial charge in [-0.2, -0.15) is 5.10 Å². The van der Waals surface area contributed by atoms with Crippen molar-refractivity contribution in [2.24, 2.45) is 5.10 Å². The maximum Gasteiger partial charge on any atom is 0.335 e. The van der Waals surface area contributed by atoms with Crippen LogP contribution in [0.4, 0.5) is 5.69 Å². The maximum atomic E-state index is 10.8. The second kappa shape index (κ2) is 7.90. The number of carbonyl (C=O) groups is 1. The third kappa shape index (κ3) is 3.90. The first-order chi connectivity index (χ1) is 11.5. The second-order valence-corrected chi connectivity index (χ2v) is 5.37. The van der Waals surface area contributed by atoms with Crippen LogP contribution in [0.3, 0.4) is 0 Å². The zero-order valence-corrected chi connectivity index (χ0v) is 14.4. The molecule has 0 unspecified atom stereocenters. The number of hydrazone groups is 1. The van der Waals surface area contributed by atoms with Crippen LogP contribution in [0.2, 0.25) is 10.0 Å². The van der Waals surface area contributed by atoms with Crippen LogP contribution >= 0.6 is 23.2 Å². The zero-order valence-electron chi connectivity index (χ0n) is 12.8. The molecule has 0 aromatic heterocycles. The van der Waals surface area contributed by atoms with E-state index in [4.69, 9.17) is 37.8 Å².